The average Bonchev–Trinajstić information content (AvgIpc) is 3.12. The van der Waals surface area contributed by atoms with Crippen LogP contribution in [0.15, 0.2) is 18.3 Å². The van der Waals surface area contributed by atoms with E-state index in [4.69, 9.17) is 4.74 Å². The number of amides is 2. The molecule has 6 heteroatoms. The monoisotopic (exact) mass is 319 g/mol. The Morgan fingerprint density at radius 1 is 1.35 bits per heavy atom. The number of methoxy groups -OCH3 is 1. The summed E-state index contributed by atoms with van der Waals surface area (Å²) in [6, 6.07) is 3.65. The summed E-state index contributed by atoms with van der Waals surface area (Å²) in [5.74, 6) is 0.283. The standard InChI is InChI=1S/C17H25N3O3/c1-23-13-12-20-15(21)5-7-17(20)6-3-10-19(11-8-17)16(22)14-4-2-9-18-14/h2,4,9,18H,3,5-8,10-13H2,1H3/t17-/m1/s1. The van der Waals surface area contributed by atoms with E-state index in [-0.39, 0.29) is 17.4 Å². The normalized spacial score (nSPS) is 25.2. The Bertz CT molecular complexity index is 557. The summed E-state index contributed by atoms with van der Waals surface area (Å²) in [6.45, 7) is 2.68. The molecular weight excluding hydrogens is 294 g/mol. The zero-order valence-corrected chi connectivity index (χ0v) is 13.7. The van der Waals surface area contributed by atoms with Crippen molar-refractivity contribution in [1.82, 2.24) is 14.8 Å². The molecule has 0 aromatic carbocycles. The Balaban J connectivity index is 1.70. The maximum absolute atomic E-state index is 12.5. The van der Waals surface area contributed by atoms with E-state index in [1.54, 1.807) is 13.3 Å². The molecule has 0 aliphatic carbocycles. The van der Waals surface area contributed by atoms with Crippen LogP contribution in [0.4, 0.5) is 0 Å². The molecule has 2 aliphatic rings. The van der Waals surface area contributed by atoms with Crippen molar-refractivity contribution < 1.29 is 14.3 Å². The molecule has 3 rings (SSSR count). The molecule has 6 nitrogen and oxygen atoms in total. The van der Waals surface area contributed by atoms with Crippen LogP contribution in [0.2, 0.25) is 0 Å². The lowest BCUT2D eigenvalue weighted by atomic mass is 9.88. The third kappa shape index (κ3) is 3.13. The third-order valence-electron chi connectivity index (χ3n) is 5.23. The third-order valence-corrected chi connectivity index (χ3v) is 5.23. The quantitative estimate of drug-likeness (QED) is 0.917. The molecule has 126 valence electrons. The number of hydrogen-bond acceptors (Lipinski definition) is 3. The number of nitrogens with one attached hydrogen (secondary N) is 1. The van der Waals surface area contributed by atoms with Crippen molar-refractivity contribution in [2.75, 3.05) is 33.4 Å². The van der Waals surface area contributed by atoms with Gasteiger partial charge in [0.15, 0.2) is 0 Å². The number of aromatic nitrogens is 1. The summed E-state index contributed by atoms with van der Waals surface area (Å²) in [5.41, 5.74) is 0.556. The average molecular weight is 319 g/mol. The van der Waals surface area contributed by atoms with Crippen LogP contribution in [0.5, 0.6) is 0 Å². The van der Waals surface area contributed by atoms with E-state index in [1.807, 2.05) is 21.9 Å². The number of likely N-dealkylation sites (tertiary alicyclic amines) is 2. The van der Waals surface area contributed by atoms with Gasteiger partial charge in [-0.25, -0.2) is 0 Å². The maximum Gasteiger partial charge on any atom is 0.270 e. The van der Waals surface area contributed by atoms with Gasteiger partial charge < -0.3 is 19.5 Å². The Hall–Kier alpha value is -1.82. The second kappa shape index (κ2) is 6.74. The van der Waals surface area contributed by atoms with Crippen LogP contribution in [0, 0.1) is 0 Å². The van der Waals surface area contributed by atoms with Crippen LogP contribution in [0.3, 0.4) is 0 Å². The van der Waals surface area contributed by atoms with Crippen LogP contribution in [0.25, 0.3) is 0 Å². The first-order valence-electron chi connectivity index (χ1n) is 8.38. The van der Waals surface area contributed by atoms with Gasteiger partial charge in [0, 0.05) is 44.9 Å². The lowest BCUT2D eigenvalue weighted by Gasteiger charge is -2.38. The fraction of sp³-hybridized carbons (Fsp3) is 0.647. The highest BCUT2D eigenvalue weighted by Crippen LogP contribution is 2.39. The van der Waals surface area contributed by atoms with Gasteiger partial charge in [0.2, 0.25) is 5.91 Å². The molecule has 0 saturated carbocycles. The van der Waals surface area contributed by atoms with Gasteiger partial charge in [-0.2, -0.15) is 0 Å². The minimum Gasteiger partial charge on any atom is -0.383 e. The molecule has 2 amide bonds. The summed E-state index contributed by atoms with van der Waals surface area (Å²) in [7, 11) is 1.66. The molecule has 1 atom stereocenters. The van der Waals surface area contributed by atoms with Crippen LogP contribution in [-0.4, -0.2) is 65.5 Å². The molecule has 1 aromatic rings. The number of H-pyrrole nitrogens is 1. The number of carbonyl (C=O) groups excluding carboxylic acids is 2. The van der Waals surface area contributed by atoms with Crippen molar-refractivity contribution in [2.24, 2.45) is 0 Å². The first-order chi connectivity index (χ1) is 11.2. The lowest BCUT2D eigenvalue weighted by Crippen LogP contribution is -2.48. The molecule has 23 heavy (non-hydrogen) atoms. The molecule has 2 fully saturated rings. The van der Waals surface area contributed by atoms with Gasteiger partial charge in [-0.1, -0.05) is 0 Å². The zero-order valence-electron chi connectivity index (χ0n) is 13.7. The minimum atomic E-state index is -0.0830. The highest BCUT2D eigenvalue weighted by Gasteiger charge is 2.45. The topological polar surface area (TPSA) is 65.6 Å². The minimum absolute atomic E-state index is 0.0554. The van der Waals surface area contributed by atoms with Gasteiger partial charge in [0.05, 0.1) is 6.61 Å². The van der Waals surface area contributed by atoms with Gasteiger partial charge >= 0.3 is 0 Å². The van der Waals surface area contributed by atoms with Crippen molar-refractivity contribution in [2.45, 2.75) is 37.6 Å². The smallest absolute Gasteiger partial charge is 0.270 e. The molecule has 1 N–H and O–H groups in total. The Morgan fingerprint density at radius 2 is 2.22 bits per heavy atom. The predicted octanol–water partition coefficient (Wildman–Crippen LogP) is 1.65. The predicted molar refractivity (Wildman–Crippen MR) is 86.1 cm³/mol. The molecule has 2 aliphatic heterocycles. The van der Waals surface area contributed by atoms with E-state index in [1.165, 1.54) is 0 Å². The number of hydrogen-bond donors (Lipinski definition) is 1. The number of aromatic amines is 1. The SMILES string of the molecule is COCCN1C(=O)CC[C@@]12CCCN(C(=O)c1ccc[nH]1)CC2. The van der Waals surface area contributed by atoms with Gasteiger partial charge in [-0.3, -0.25) is 9.59 Å². The molecule has 2 saturated heterocycles. The Labute approximate surface area is 136 Å². The lowest BCUT2D eigenvalue weighted by molar-refractivity contribution is -0.132. The van der Waals surface area contributed by atoms with Crippen molar-refractivity contribution >= 4 is 11.8 Å². The molecule has 1 aromatic heterocycles. The first-order valence-corrected chi connectivity index (χ1v) is 8.38. The van der Waals surface area contributed by atoms with Gasteiger partial charge in [-0.15, -0.1) is 0 Å². The Morgan fingerprint density at radius 3 is 2.96 bits per heavy atom. The molecule has 0 bridgehead atoms. The van der Waals surface area contributed by atoms with E-state index in [2.05, 4.69) is 4.98 Å². The first kappa shape index (κ1) is 16.1. The van der Waals surface area contributed by atoms with Crippen molar-refractivity contribution in [3.05, 3.63) is 24.0 Å². The molecule has 1 spiro atoms. The fourth-order valence-electron chi connectivity index (χ4n) is 3.95. The van der Waals surface area contributed by atoms with Crippen LogP contribution in [0.1, 0.15) is 42.6 Å². The Kier molecular flexibility index (Phi) is 4.71. The number of ether oxygens (including phenoxy) is 1. The number of rotatable bonds is 4. The fourth-order valence-corrected chi connectivity index (χ4v) is 3.95. The zero-order chi connectivity index (χ0) is 16.3. The van der Waals surface area contributed by atoms with Gasteiger partial charge in [0.1, 0.15) is 5.69 Å². The van der Waals surface area contributed by atoms with Crippen LogP contribution < -0.4 is 0 Å². The van der Waals surface area contributed by atoms with Gasteiger partial charge in [0.25, 0.3) is 5.91 Å². The number of nitrogens with zero attached hydrogens (tertiary/aromatic N) is 2. The summed E-state index contributed by atoms with van der Waals surface area (Å²) in [4.78, 5) is 31.7. The van der Waals surface area contributed by atoms with Gasteiger partial charge in [-0.05, 0) is 37.8 Å². The van der Waals surface area contributed by atoms with E-state index in [9.17, 15) is 9.59 Å². The largest absolute Gasteiger partial charge is 0.383 e. The van der Waals surface area contributed by atoms with E-state index in [0.717, 1.165) is 32.2 Å². The molecule has 0 radical (unpaired) electrons. The maximum atomic E-state index is 12.5. The van der Waals surface area contributed by atoms with Crippen molar-refractivity contribution in [3.63, 3.8) is 0 Å². The summed E-state index contributed by atoms with van der Waals surface area (Å²) in [6.07, 6.45) is 6.05. The van der Waals surface area contributed by atoms with Crippen LogP contribution in [-0.2, 0) is 9.53 Å². The molecular formula is C17H25N3O3. The summed E-state index contributed by atoms with van der Waals surface area (Å²) < 4.78 is 5.16. The highest BCUT2D eigenvalue weighted by molar-refractivity contribution is 5.92. The van der Waals surface area contributed by atoms with E-state index in [0.29, 0.717) is 31.8 Å². The highest BCUT2D eigenvalue weighted by atomic mass is 16.5. The molecule has 0 unspecified atom stereocenters. The molecule has 3 heterocycles. The number of carbonyl (C=O) groups is 2. The van der Waals surface area contributed by atoms with E-state index >= 15 is 0 Å². The van der Waals surface area contributed by atoms with Crippen molar-refractivity contribution in [3.8, 4) is 0 Å². The second-order valence-corrected chi connectivity index (χ2v) is 6.49. The van der Waals surface area contributed by atoms with Crippen LogP contribution >= 0.6 is 0 Å². The van der Waals surface area contributed by atoms with Crippen molar-refractivity contribution in [1.29, 1.82) is 0 Å². The van der Waals surface area contributed by atoms with E-state index < -0.39 is 0 Å². The summed E-state index contributed by atoms with van der Waals surface area (Å²) >= 11 is 0. The second-order valence-electron chi connectivity index (χ2n) is 6.49. The summed E-state index contributed by atoms with van der Waals surface area (Å²) in [5, 5.41) is 0.